The molecular formula is C14H14N4S2. The van der Waals surface area contributed by atoms with Crippen LogP contribution in [0.3, 0.4) is 0 Å². The molecule has 2 aromatic heterocycles. The molecule has 2 rings (SSSR count). The lowest BCUT2D eigenvalue weighted by Gasteiger charge is -1.97. The quantitative estimate of drug-likeness (QED) is 0.448. The molecule has 0 spiro atoms. The lowest BCUT2D eigenvalue weighted by Crippen LogP contribution is -2.26. The van der Waals surface area contributed by atoms with E-state index in [4.69, 9.17) is 10.5 Å². The van der Waals surface area contributed by atoms with Crippen molar-refractivity contribution in [2.24, 2.45) is 14.1 Å². The van der Waals surface area contributed by atoms with Crippen molar-refractivity contribution in [1.82, 2.24) is 0 Å². The fraction of sp³-hybridized carbons (Fsp3) is 0.143. The summed E-state index contributed by atoms with van der Waals surface area (Å²) in [7, 11) is 4.05. The van der Waals surface area contributed by atoms with Gasteiger partial charge in [0.1, 0.15) is 14.1 Å². The second-order valence-corrected chi connectivity index (χ2v) is 4.05. The maximum absolute atomic E-state index is 7.13. The zero-order valence-electron chi connectivity index (χ0n) is 11.2. The zero-order valence-corrected chi connectivity index (χ0v) is 12.9. The minimum atomic E-state index is 1.25. The van der Waals surface area contributed by atoms with Gasteiger partial charge in [-0.3, -0.25) is 0 Å². The van der Waals surface area contributed by atoms with Gasteiger partial charge in [-0.05, 0) is 11.1 Å². The lowest BCUT2D eigenvalue weighted by atomic mass is 10.1. The Morgan fingerprint density at radius 1 is 0.750 bits per heavy atom. The van der Waals surface area contributed by atoms with E-state index < -0.39 is 0 Å². The molecule has 2 aromatic rings. The van der Waals surface area contributed by atoms with Gasteiger partial charge in [-0.1, -0.05) is 10.8 Å². The van der Waals surface area contributed by atoms with Crippen molar-refractivity contribution in [3.05, 3.63) is 49.1 Å². The van der Waals surface area contributed by atoms with Crippen LogP contribution in [0.25, 0.3) is 11.1 Å². The summed E-state index contributed by atoms with van der Waals surface area (Å²) in [5.74, 6) is 0. The summed E-state index contributed by atoms with van der Waals surface area (Å²) in [6.45, 7) is 0. The largest absolute Gasteiger partial charge is 0.696 e. The Bertz CT molecular complexity index is 525. The van der Waals surface area contributed by atoms with Gasteiger partial charge in [-0.25, -0.2) is 19.7 Å². The highest BCUT2D eigenvalue weighted by atomic mass is 32.1. The molecule has 2 heterocycles. The molecule has 0 aliphatic heterocycles. The van der Waals surface area contributed by atoms with Gasteiger partial charge in [0.2, 0.25) is 0 Å². The van der Waals surface area contributed by atoms with Crippen LogP contribution < -0.4 is 9.13 Å². The van der Waals surface area contributed by atoms with E-state index >= 15 is 0 Å². The standard InChI is InChI=1S/C12H14N2.2CHNS/c1-13-7-3-11(4-8-13)12-5-9-14(2)10-6-12;2*2-1-3/h3-10H,1-2H3;2*3H/q+2;;/p-2. The van der Waals surface area contributed by atoms with Gasteiger partial charge >= 0.3 is 0 Å². The Hall–Kier alpha value is -2.28. The molecule has 0 radical (unpaired) electrons. The third kappa shape index (κ3) is 7.22. The maximum atomic E-state index is 7.13. The van der Waals surface area contributed by atoms with Crippen molar-refractivity contribution in [2.45, 2.75) is 0 Å². The van der Waals surface area contributed by atoms with Gasteiger partial charge in [0, 0.05) is 24.3 Å². The number of nitriles is 2. The average Bonchev–Trinajstić information content (AvgIpc) is 2.42. The van der Waals surface area contributed by atoms with E-state index in [1.54, 1.807) is 0 Å². The van der Waals surface area contributed by atoms with Crippen LogP contribution in [0.2, 0.25) is 0 Å². The van der Waals surface area contributed by atoms with Crippen LogP contribution in [-0.2, 0) is 39.4 Å². The van der Waals surface area contributed by atoms with Crippen LogP contribution in [0, 0.1) is 21.3 Å². The average molecular weight is 302 g/mol. The molecule has 0 saturated heterocycles. The molecule has 0 fully saturated rings. The summed E-state index contributed by atoms with van der Waals surface area (Å²) in [6, 6.07) is 8.48. The third-order valence-electron chi connectivity index (χ3n) is 2.29. The fourth-order valence-corrected chi connectivity index (χ4v) is 1.39. The molecule has 0 unspecified atom stereocenters. The van der Waals surface area contributed by atoms with E-state index in [9.17, 15) is 0 Å². The molecule has 0 aliphatic carbocycles. The third-order valence-corrected chi connectivity index (χ3v) is 2.29. The molecule has 6 heteroatoms. The molecule has 0 aliphatic rings. The van der Waals surface area contributed by atoms with E-state index in [-0.39, 0.29) is 0 Å². The summed E-state index contributed by atoms with van der Waals surface area (Å²) in [6.07, 6.45) is 8.23. The van der Waals surface area contributed by atoms with Crippen LogP contribution in [-0.4, -0.2) is 0 Å². The molecule has 0 atom stereocenters. The van der Waals surface area contributed by atoms with Crippen molar-refractivity contribution >= 4 is 25.3 Å². The van der Waals surface area contributed by atoms with Gasteiger partial charge in [0.25, 0.3) is 0 Å². The zero-order chi connectivity index (χ0) is 15.4. The molecule has 4 nitrogen and oxygen atoms in total. The fourth-order valence-electron chi connectivity index (χ4n) is 1.39. The second kappa shape index (κ2) is 10.6. The van der Waals surface area contributed by atoms with Crippen LogP contribution in [0.1, 0.15) is 0 Å². The summed E-state index contributed by atoms with van der Waals surface area (Å²) in [5, 5.41) is 16.9. The minimum absolute atomic E-state index is 1.25. The van der Waals surface area contributed by atoms with Crippen molar-refractivity contribution in [2.75, 3.05) is 0 Å². The number of thiocyanates is 2. The first-order chi connectivity index (χ1) is 9.58. The predicted molar refractivity (Wildman–Crippen MR) is 80.2 cm³/mol. The Morgan fingerprint density at radius 3 is 1.15 bits per heavy atom. The van der Waals surface area contributed by atoms with Crippen LogP contribution >= 0.6 is 0 Å². The summed E-state index contributed by atoms with van der Waals surface area (Å²) < 4.78 is 4.07. The highest BCUT2D eigenvalue weighted by Gasteiger charge is 2.00. The number of hydrogen-bond acceptors (Lipinski definition) is 4. The summed E-state index contributed by atoms with van der Waals surface area (Å²) in [4.78, 5) is 0. The lowest BCUT2D eigenvalue weighted by molar-refractivity contribution is -0.671. The molecule has 0 aromatic carbocycles. The SMILES string of the molecule is C[n+]1ccc(-c2cc[n+](C)cc2)cc1.N#C[S-].N#C[S-]. The van der Waals surface area contributed by atoms with E-state index in [0.29, 0.717) is 0 Å². The van der Waals surface area contributed by atoms with Gasteiger partial charge < -0.3 is 25.3 Å². The van der Waals surface area contributed by atoms with Crippen molar-refractivity contribution in [1.29, 1.82) is 10.5 Å². The van der Waals surface area contributed by atoms with Crippen LogP contribution in [0.15, 0.2) is 49.1 Å². The van der Waals surface area contributed by atoms with Crippen LogP contribution in [0.5, 0.6) is 0 Å². The van der Waals surface area contributed by atoms with Crippen molar-refractivity contribution < 1.29 is 9.13 Å². The topological polar surface area (TPSA) is 55.3 Å². The number of rotatable bonds is 1. The summed E-state index contributed by atoms with van der Waals surface area (Å²) >= 11 is 7.40. The Morgan fingerprint density at radius 2 is 0.950 bits per heavy atom. The van der Waals surface area contributed by atoms with Crippen molar-refractivity contribution in [3.63, 3.8) is 0 Å². The first-order valence-electron chi connectivity index (χ1n) is 5.52. The summed E-state index contributed by atoms with van der Waals surface area (Å²) in [5.41, 5.74) is 2.51. The van der Waals surface area contributed by atoms with E-state index in [0.717, 1.165) is 0 Å². The number of aryl methyl sites for hydroxylation is 2. The van der Waals surface area contributed by atoms with Gasteiger partial charge in [0.05, 0.1) is 0 Å². The van der Waals surface area contributed by atoms with Crippen LogP contribution in [0.4, 0.5) is 0 Å². The number of aromatic nitrogens is 2. The monoisotopic (exact) mass is 302 g/mol. The molecule has 20 heavy (non-hydrogen) atoms. The molecule has 0 amide bonds. The molecule has 0 saturated carbocycles. The number of pyridine rings is 2. The predicted octanol–water partition coefficient (Wildman–Crippen LogP) is 1.03. The Kier molecular flexibility index (Phi) is 9.41. The van der Waals surface area contributed by atoms with E-state index in [1.807, 2.05) is 23.2 Å². The van der Waals surface area contributed by atoms with E-state index in [2.05, 4.69) is 74.3 Å². The normalized spacial score (nSPS) is 7.80. The minimum Gasteiger partial charge on any atom is -0.696 e. The second-order valence-electron chi connectivity index (χ2n) is 3.69. The van der Waals surface area contributed by atoms with Gasteiger partial charge in [-0.15, -0.1) is 0 Å². The van der Waals surface area contributed by atoms with Gasteiger partial charge in [-0.2, -0.15) is 0 Å². The highest BCUT2D eigenvalue weighted by molar-refractivity contribution is 7.64. The first-order valence-corrected chi connectivity index (χ1v) is 6.34. The molecule has 0 N–H and O–H groups in total. The molecule has 0 bridgehead atoms. The Labute approximate surface area is 130 Å². The maximum Gasteiger partial charge on any atom is 0.169 e. The number of nitrogens with zero attached hydrogens (tertiary/aromatic N) is 4. The number of hydrogen-bond donors (Lipinski definition) is 0. The Balaban J connectivity index is 0.000000520. The molecular weight excluding hydrogens is 288 g/mol. The van der Waals surface area contributed by atoms with Crippen molar-refractivity contribution in [3.8, 4) is 21.9 Å². The van der Waals surface area contributed by atoms with E-state index in [1.165, 1.54) is 21.9 Å². The first kappa shape index (κ1) is 17.7. The highest BCUT2D eigenvalue weighted by Crippen LogP contribution is 2.14. The van der Waals surface area contributed by atoms with Gasteiger partial charge in [0.15, 0.2) is 24.8 Å². The molecule has 102 valence electrons. The smallest absolute Gasteiger partial charge is 0.169 e.